The molecule has 19 heavy (non-hydrogen) atoms. The van der Waals surface area contributed by atoms with Crippen LogP contribution in [0.1, 0.15) is 5.56 Å². The largest absolute Gasteiger partial charge is 0.493 e. The minimum absolute atomic E-state index is 0.312. The highest BCUT2D eigenvalue weighted by Crippen LogP contribution is 2.35. The van der Waals surface area contributed by atoms with E-state index in [1.807, 2.05) is 0 Å². The van der Waals surface area contributed by atoms with E-state index in [2.05, 4.69) is 4.98 Å². The van der Waals surface area contributed by atoms with Gasteiger partial charge in [0, 0.05) is 18.3 Å². The van der Waals surface area contributed by atoms with E-state index in [1.54, 1.807) is 32.5 Å². The number of hydrogen-bond donors (Lipinski definition) is 1. The van der Waals surface area contributed by atoms with Crippen molar-refractivity contribution in [3.05, 3.63) is 42.0 Å². The Kier molecular flexibility index (Phi) is 3.97. The van der Waals surface area contributed by atoms with E-state index in [0.29, 0.717) is 23.6 Å². The normalized spacial score (nSPS) is 10.3. The molecule has 0 fully saturated rings. The molecule has 4 nitrogen and oxygen atoms in total. The molecule has 0 unspecified atom stereocenters. The lowest BCUT2D eigenvalue weighted by Gasteiger charge is -2.14. The lowest BCUT2D eigenvalue weighted by atomic mass is 10.00. The summed E-state index contributed by atoms with van der Waals surface area (Å²) in [4.78, 5) is 3.85. The van der Waals surface area contributed by atoms with Gasteiger partial charge in [-0.15, -0.1) is 0 Å². The number of aromatic nitrogens is 1. The van der Waals surface area contributed by atoms with E-state index in [9.17, 15) is 4.39 Å². The van der Waals surface area contributed by atoms with Gasteiger partial charge in [0.2, 0.25) is 0 Å². The predicted molar refractivity (Wildman–Crippen MR) is 70.6 cm³/mol. The molecule has 1 aromatic heterocycles. The van der Waals surface area contributed by atoms with Crippen LogP contribution in [0.5, 0.6) is 11.5 Å². The zero-order valence-corrected chi connectivity index (χ0v) is 10.8. The first-order valence-corrected chi connectivity index (χ1v) is 5.75. The van der Waals surface area contributed by atoms with Crippen LogP contribution >= 0.6 is 0 Å². The summed E-state index contributed by atoms with van der Waals surface area (Å²) in [5.41, 5.74) is 8.01. The highest BCUT2D eigenvalue weighted by molar-refractivity contribution is 5.70. The molecule has 0 aliphatic rings. The fourth-order valence-electron chi connectivity index (χ4n) is 1.92. The monoisotopic (exact) mass is 262 g/mol. The van der Waals surface area contributed by atoms with Crippen LogP contribution in [0.2, 0.25) is 0 Å². The van der Waals surface area contributed by atoms with E-state index in [-0.39, 0.29) is 0 Å². The molecule has 0 atom stereocenters. The van der Waals surface area contributed by atoms with E-state index < -0.39 is 5.82 Å². The van der Waals surface area contributed by atoms with E-state index >= 15 is 0 Å². The average molecular weight is 262 g/mol. The molecular weight excluding hydrogens is 247 g/mol. The summed E-state index contributed by atoms with van der Waals surface area (Å²) in [5, 5.41) is 0. The van der Waals surface area contributed by atoms with Gasteiger partial charge in [-0.2, -0.15) is 0 Å². The minimum Gasteiger partial charge on any atom is -0.493 e. The zero-order chi connectivity index (χ0) is 13.8. The van der Waals surface area contributed by atoms with Crippen LogP contribution in [-0.2, 0) is 6.54 Å². The Morgan fingerprint density at radius 1 is 1.11 bits per heavy atom. The zero-order valence-electron chi connectivity index (χ0n) is 10.8. The number of nitrogens with zero attached hydrogens (tertiary/aromatic N) is 1. The van der Waals surface area contributed by atoms with Crippen molar-refractivity contribution in [3.63, 3.8) is 0 Å². The molecule has 5 heteroatoms. The topological polar surface area (TPSA) is 57.4 Å². The Labute approximate surface area is 111 Å². The first-order chi connectivity index (χ1) is 9.19. The predicted octanol–water partition coefficient (Wildman–Crippen LogP) is 2.36. The second-order valence-corrected chi connectivity index (χ2v) is 3.96. The summed E-state index contributed by atoms with van der Waals surface area (Å²) in [6, 6.07) is 4.98. The Hall–Kier alpha value is -2.14. The maximum Gasteiger partial charge on any atom is 0.161 e. The SMILES string of the molecule is COc1cc(CN)c(-c2cncc(F)c2)cc1OC. The molecule has 2 N–H and O–H groups in total. The van der Waals surface area contributed by atoms with Crippen molar-refractivity contribution in [2.75, 3.05) is 14.2 Å². The highest BCUT2D eigenvalue weighted by atomic mass is 19.1. The molecule has 2 aromatic rings. The fourth-order valence-corrected chi connectivity index (χ4v) is 1.92. The van der Waals surface area contributed by atoms with Crippen LogP contribution in [0, 0.1) is 5.82 Å². The van der Waals surface area contributed by atoms with Crippen LogP contribution in [0.3, 0.4) is 0 Å². The number of ether oxygens (including phenoxy) is 2. The van der Waals surface area contributed by atoms with Gasteiger partial charge in [-0.25, -0.2) is 4.39 Å². The van der Waals surface area contributed by atoms with Crippen molar-refractivity contribution in [1.29, 1.82) is 0 Å². The number of methoxy groups -OCH3 is 2. The van der Waals surface area contributed by atoms with Crippen molar-refractivity contribution < 1.29 is 13.9 Å². The third-order valence-electron chi connectivity index (χ3n) is 2.85. The van der Waals surface area contributed by atoms with Crippen LogP contribution in [0.4, 0.5) is 4.39 Å². The maximum atomic E-state index is 13.3. The second kappa shape index (κ2) is 5.67. The third-order valence-corrected chi connectivity index (χ3v) is 2.85. The average Bonchev–Trinajstić information content (AvgIpc) is 2.45. The first-order valence-electron chi connectivity index (χ1n) is 5.75. The molecular formula is C14H15FN2O2. The van der Waals surface area contributed by atoms with Gasteiger partial charge in [-0.3, -0.25) is 4.98 Å². The quantitative estimate of drug-likeness (QED) is 0.919. The van der Waals surface area contributed by atoms with Crippen molar-refractivity contribution in [2.24, 2.45) is 5.73 Å². The molecule has 1 aromatic carbocycles. The minimum atomic E-state index is -0.393. The lowest BCUT2D eigenvalue weighted by molar-refractivity contribution is 0.354. The Balaban J connectivity index is 2.61. The van der Waals surface area contributed by atoms with Crippen LogP contribution in [0.25, 0.3) is 11.1 Å². The number of nitrogens with two attached hydrogens (primary N) is 1. The Bertz CT molecular complexity index is 588. The van der Waals surface area contributed by atoms with E-state index in [1.165, 1.54) is 6.07 Å². The standard InChI is InChI=1S/C14H15FN2O2/c1-18-13-4-9(6-16)12(5-14(13)19-2)10-3-11(15)8-17-7-10/h3-5,7-8H,6,16H2,1-2H3. The molecule has 0 saturated heterocycles. The van der Waals surface area contributed by atoms with E-state index in [4.69, 9.17) is 15.2 Å². The number of rotatable bonds is 4. The van der Waals surface area contributed by atoms with Crippen molar-refractivity contribution in [2.45, 2.75) is 6.54 Å². The molecule has 0 aliphatic carbocycles. The van der Waals surface area contributed by atoms with Crippen molar-refractivity contribution in [3.8, 4) is 22.6 Å². The van der Waals surface area contributed by atoms with Gasteiger partial charge < -0.3 is 15.2 Å². The fraction of sp³-hybridized carbons (Fsp3) is 0.214. The first kappa shape index (κ1) is 13.3. The summed E-state index contributed by atoms with van der Waals surface area (Å²) in [5.74, 6) is 0.769. The second-order valence-electron chi connectivity index (χ2n) is 3.96. The molecule has 0 amide bonds. The Morgan fingerprint density at radius 3 is 2.37 bits per heavy atom. The number of hydrogen-bond acceptors (Lipinski definition) is 4. The molecule has 2 rings (SSSR count). The lowest BCUT2D eigenvalue weighted by Crippen LogP contribution is -2.02. The summed E-state index contributed by atoms with van der Waals surface area (Å²) in [6.45, 7) is 0.312. The van der Waals surface area contributed by atoms with E-state index in [0.717, 1.165) is 17.3 Å². The van der Waals surface area contributed by atoms with Gasteiger partial charge in [-0.1, -0.05) is 0 Å². The molecule has 0 radical (unpaired) electrons. The van der Waals surface area contributed by atoms with Crippen LogP contribution < -0.4 is 15.2 Å². The van der Waals surface area contributed by atoms with Gasteiger partial charge in [0.1, 0.15) is 5.82 Å². The molecule has 100 valence electrons. The summed E-state index contributed by atoms with van der Waals surface area (Å²) in [6.07, 6.45) is 2.75. The van der Waals surface area contributed by atoms with Gasteiger partial charge in [0.15, 0.2) is 11.5 Å². The maximum absolute atomic E-state index is 13.3. The molecule has 0 spiro atoms. The summed E-state index contributed by atoms with van der Waals surface area (Å²) >= 11 is 0. The third kappa shape index (κ3) is 2.66. The van der Waals surface area contributed by atoms with Crippen LogP contribution in [0.15, 0.2) is 30.6 Å². The Morgan fingerprint density at radius 2 is 1.79 bits per heavy atom. The summed E-state index contributed by atoms with van der Waals surface area (Å²) in [7, 11) is 3.11. The highest BCUT2D eigenvalue weighted by Gasteiger charge is 2.12. The smallest absolute Gasteiger partial charge is 0.161 e. The number of halogens is 1. The number of benzene rings is 1. The number of pyridine rings is 1. The van der Waals surface area contributed by atoms with Crippen LogP contribution in [-0.4, -0.2) is 19.2 Å². The molecule has 1 heterocycles. The van der Waals surface area contributed by atoms with Crippen molar-refractivity contribution >= 4 is 0 Å². The van der Waals surface area contributed by atoms with Gasteiger partial charge in [-0.05, 0) is 29.3 Å². The van der Waals surface area contributed by atoms with Crippen molar-refractivity contribution in [1.82, 2.24) is 4.98 Å². The van der Waals surface area contributed by atoms with Gasteiger partial charge in [0.05, 0.1) is 20.4 Å². The summed E-state index contributed by atoms with van der Waals surface area (Å²) < 4.78 is 23.7. The molecule has 0 bridgehead atoms. The molecule has 0 aliphatic heterocycles. The van der Waals surface area contributed by atoms with Gasteiger partial charge >= 0.3 is 0 Å². The molecule has 0 saturated carbocycles. The van der Waals surface area contributed by atoms with Gasteiger partial charge in [0.25, 0.3) is 0 Å².